The van der Waals surface area contributed by atoms with Gasteiger partial charge in [0.1, 0.15) is 0 Å². The minimum absolute atomic E-state index is 1.03. The second-order valence-corrected chi connectivity index (χ2v) is 2.14. The van der Waals surface area contributed by atoms with Crippen LogP contribution < -0.4 is 0 Å². The lowest BCUT2D eigenvalue weighted by Gasteiger charge is -2.03. The lowest BCUT2D eigenvalue weighted by molar-refractivity contribution is 0.615. The van der Waals surface area contributed by atoms with Crippen molar-refractivity contribution in [3.63, 3.8) is 0 Å². The first-order valence-corrected chi connectivity index (χ1v) is 3.15. The van der Waals surface area contributed by atoms with Crippen LogP contribution in [0.25, 0.3) is 0 Å². The lowest BCUT2D eigenvalue weighted by atomic mass is 10.8. The Morgan fingerprint density at radius 3 is 3.00 bits per heavy atom. The van der Waals surface area contributed by atoms with Gasteiger partial charge in [-0.05, 0) is 11.6 Å². The average Bonchev–Trinajstić information content (AvgIpc) is 2.14. The van der Waals surface area contributed by atoms with Crippen LogP contribution in [0.2, 0.25) is 0 Å². The molecule has 0 aromatic carbocycles. The molecule has 1 aliphatic heterocycles. The third-order valence-corrected chi connectivity index (χ3v) is 1.57. The molecule has 0 unspecified atom stereocenters. The fourth-order valence-corrected chi connectivity index (χ4v) is 1.10. The second-order valence-electron chi connectivity index (χ2n) is 1.28. The van der Waals surface area contributed by atoms with Crippen molar-refractivity contribution in [3.8, 4) is 0 Å². The Hall–Kier alpha value is -0.370. The summed E-state index contributed by atoms with van der Waals surface area (Å²) in [6, 6.07) is 0. The molecule has 0 aromatic rings. The van der Waals surface area contributed by atoms with E-state index in [1.165, 1.54) is 0 Å². The van der Waals surface area contributed by atoms with E-state index in [2.05, 4.69) is 12.0 Å². The number of nitrogens with zero attached hydrogens (tertiary/aromatic N) is 1. The normalized spacial score (nSPS) is 18.0. The molecule has 0 fully saturated rings. The minimum atomic E-state index is 1.03. The van der Waals surface area contributed by atoms with Crippen molar-refractivity contribution in [2.24, 2.45) is 0 Å². The molecular weight excluding hydrogens is 106 g/mol. The van der Waals surface area contributed by atoms with Crippen molar-refractivity contribution in [2.45, 2.75) is 0 Å². The third-order valence-electron chi connectivity index (χ3n) is 0.807. The molecule has 1 heterocycles. The van der Waals surface area contributed by atoms with Gasteiger partial charge < -0.3 is 4.90 Å². The molecule has 38 valence electrons. The van der Waals surface area contributed by atoms with Crippen molar-refractivity contribution in [1.82, 2.24) is 4.90 Å². The van der Waals surface area contributed by atoms with E-state index in [1.54, 1.807) is 11.8 Å². The Labute approximate surface area is 47.7 Å². The predicted molar refractivity (Wildman–Crippen MR) is 33.6 cm³/mol. The number of hydrogen-bond donors (Lipinski definition) is 0. The van der Waals surface area contributed by atoms with Gasteiger partial charge >= 0.3 is 0 Å². The van der Waals surface area contributed by atoms with Crippen LogP contribution in [0.4, 0.5) is 0 Å². The number of hydrogen-bond acceptors (Lipinski definition) is 2. The van der Waals surface area contributed by atoms with Gasteiger partial charge in [-0.3, -0.25) is 0 Å². The molecule has 0 bridgehead atoms. The van der Waals surface area contributed by atoms with Crippen LogP contribution >= 0.6 is 11.8 Å². The van der Waals surface area contributed by atoms with Crippen LogP contribution in [0.1, 0.15) is 0 Å². The summed E-state index contributed by atoms with van der Waals surface area (Å²) < 4.78 is 0. The van der Waals surface area contributed by atoms with Crippen molar-refractivity contribution in [3.05, 3.63) is 24.4 Å². The molecule has 0 saturated carbocycles. The van der Waals surface area contributed by atoms with Crippen LogP contribution in [0.3, 0.4) is 0 Å². The largest absolute Gasteiger partial charge is 0.344 e. The van der Waals surface area contributed by atoms with Gasteiger partial charge in [-0.15, -0.1) is 11.8 Å². The molecule has 0 amide bonds. The smallest absolute Gasteiger partial charge is 0.0717 e. The van der Waals surface area contributed by atoms with Gasteiger partial charge in [0.2, 0.25) is 0 Å². The molecule has 0 aromatic heterocycles. The topological polar surface area (TPSA) is 3.24 Å². The summed E-state index contributed by atoms with van der Waals surface area (Å²) in [6.45, 7) is 3.60. The van der Waals surface area contributed by atoms with Crippen LogP contribution in [-0.2, 0) is 0 Å². The van der Waals surface area contributed by atoms with E-state index < -0.39 is 0 Å². The zero-order chi connectivity index (χ0) is 5.11. The molecule has 0 saturated heterocycles. The maximum atomic E-state index is 3.60. The molecule has 1 aliphatic rings. The van der Waals surface area contributed by atoms with Crippen molar-refractivity contribution in [1.29, 1.82) is 0 Å². The molecule has 0 radical (unpaired) electrons. The van der Waals surface area contributed by atoms with Crippen molar-refractivity contribution < 1.29 is 0 Å². The fourth-order valence-electron chi connectivity index (χ4n) is 0.407. The molecular formula is C5H7NS. The molecule has 0 atom stereocenters. The summed E-state index contributed by atoms with van der Waals surface area (Å²) in [5.41, 5.74) is 0. The molecule has 0 spiro atoms. The fraction of sp³-hybridized carbons (Fsp3) is 0.200. The molecule has 0 N–H and O–H groups in total. The van der Waals surface area contributed by atoms with E-state index >= 15 is 0 Å². The SMILES string of the molecule is C=CN1C=CSC1. The lowest BCUT2D eigenvalue weighted by Crippen LogP contribution is -2.00. The predicted octanol–water partition coefficient (Wildman–Crippen LogP) is 1.61. The van der Waals surface area contributed by atoms with Crippen LogP contribution in [0.5, 0.6) is 0 Å². The van der Waals surface area contributed by atoms with E-state index in [9.17, 15) is 0 Å². The summed E-state index contributed by atoms with van der Waals surface area (Å²) in [5.74, 6) is 1.03. The summed E-state index contributed by atoms with van der Waals surface area (Å²) in [5, 5.41) is 2.06. The summed E-state index contributed by atoms with van der Waals surface area (Å²) in [6.07, 6.45) is 3.83. The highest BCUT2D eigenvalue weighted by atomic mass is 32.2. The van der Waals surface area contributed by atoms with E-state index in [1.807, 2.05) is 17.3 Å². The van der Waals surface area contributed by atoms with E-state index in [4.69, 9.17) is 0 Å². The number of rotatable bonds is 1. The first-order valence-electron chi connectivity index (χ1n) is 2.10. The Morgan fingerprint density at radius 1 is 1.86 bits per heavy atom. The molecule has 1 nitrogen and oxygen atoms in total. The van der Waals surface area contributed by atoms with Gasteiger partial charge in [0.15, 0.2) is 0 Å². The highest BCUT2D eigenvalue weighted by molar-refractivity contribution is 8.02. The third kappa shape index (κ3) is 0.996. The average molecular weight is 113 g/mol. The zero-order valence-corrected chi connectivity index (χ0v) is 4.82. The first kappa shape index (κ1) is 4.78. The molecule has 2 heteroatoms. The van der Waals surface area contributed by atoms with Gasteiger partial charge in [-0.2, -0.15) is 0 Å². The second kappa shape index (κ2) is 2.07. The molecule has 7 heavy (non-hydrogen) atoms. The zero-order valence-electron chi connectivity index (χ0n) is 4.00. The van der Waals surface area contributed by atoms with Gasteiger partial charge in [0.05, 0.1) is 5.88 Å². The number of thioether (sulfide) groups is 1. The monoisotopic (exact) mass is 113 g/mol. The Bertz CT molecular complexity index is 98.3. The molecule has 1 rings (SSSR count). The summed E-state index contributed by atoms with van der Waals surface area (Å²) in [4.78, 5) is 2.03. The Morgan fingerprint density at radius 2 is 2.71 bits per heavy atom. The van der Waals surface area contributed by atoms with Crippen LogP contribution in [0.15, 0.2) is 24.4 Å². The van der Waals surface area contributed by atoms with Gasteiger partial charge in [-0.25, -0.2) is 0 Å². The maximum Gasteiger partial charge on any atom is 0.0717 e. The van der Waals surface area contributed by atoms with Crippen LogP contribution in [0, 0.1) is 0 Å². The van der Waals surface area contributed by atoms with E-state index in [0.29, 0.717) is 0 Å². The van der Waals surface area contributed by atoms with Crippen molar-refractivity contribution in [2.75, 3.05) is 5.88 Å². The van der Waals surface area contributed by atoms with E-state index in [0.717, 1.165) is 5.88 Å². The summed E-state index contributed by atoms with van der Waals surface area (Å²) in [7, 11) is 0. The maximum absolute atomic E-state index is 3.60. The Balaban J connectivity index is 2.42. The standard InChI is InChI=1S/C5H7NS/c1-2-6-3-4-7-5-6/h2-4H,1,5H2. The van der Waals surface area contributed by atoms with Crippen LogP contribution in [-0.4, -0.2) is 10.8 Å². The molecule has 0 aliphatic carbocycles. The highest BCUT2D eigenvalue weighted by Gasteiger charge is 1.96. The minimum Gasteiger partial charge on any atom is -0.344 e. The van der Waals surface area contributed by atoms with Crippen molar-refractivity contribution >= 4 is 11.8 Å². The van der Waals surface area contributed by atoms with Gasteiger partial charge in [-0.1, -0.05) is 6.58 Å². The van der Waals surface area contributed by atoms with E-state index in [-0.39, 0.29) is 0 Å². The summed E-state index contributed by atoms with van der Waals surface area (Å²) >= 11 is 1.78. The quantitative estimate of drug-likeness (QED) is 0.508. The highest BCUT2D eigenvalue weighted by Crippen LogP contribution is 2.13. The van der Waals surface area contributed by atoms with Gasteiger partial charge in [0.25, 0.3) is 0 Å². The first-order chi connectivity index (χ1) is 3.43. The van der Waals surface area contributed by atoms with Gasteiger partial charge in [0, 0.05) is 6.20 Å². The Kier molecular flexibility index (Phi) is 1.42.